The molecule has 0 bridgehead atoms. The van der Waals surface area contributed by atoms with Crippen molar-refractivity contribution in [3.8, 4) is 16.9 Å². The van der Waals surface area contributed by atoms with Crippen molar-refractivity contribution >= 4 is 5.78 Å². The lowest BCUT2D eigenvalue weighted by Crippen LogP contribution is -2.11. The van der Waals surface area contributed by atoms with Crippen LogP contribution in [0.4, 0.5) is 0 Å². The monoisotopic (exact) mass is 335 g/mol. The van der Waals surface area contributed by atoms with Gasteiger partial charge in [-0.1, -0.05) is 6.07 Å². The molecular weight excluding hydrogens is 314 g/mol. The van der Waals surface area contributed by atoms with Gasteiger partial charge in [0.05, 0.1) is 17.9 Å². The van der Waals surface area contributed by atoms with Crippen molar-refractivity contribution in [2.24, 2.45) is 7.05 Å². The quantitative estimate of drug-likeness (QED) is 0.645. The van der Waals surface area contributed by atoms with Gasteiger partial charge in [0.25, 0.3) is 0 Å². The van der Waals surface area contributed by atoms with Crippen molar-refractivity contribution in [2.45, 2.75) is 26.4 Å². The Morgan fingerprint density at radius 2 is 1.92 bits per heavy atom. The molecule has 25 heavy (non-hydrogen) atoms. The standard InChI is InChI=1S/C20H21N3O2/c1-14(2)25-20-11-16(17-12-22-23(3)13-17)4-5-18(20)19(24)10-15-6-8-21-9-7-15/h4-9,11-14H,10H2,1-3H3. The number of benzene rings is 1. The first-order valence-corrected chi connectivity index (χ1v) is 8.25. The summed E-state index contributed by atoms with van der Waals surface area (Å²) in [7, 11) is 1.88. The van der Waals surface area contributed by atoms with Crippen molar-refractivity contribution in [1.82, 2.24) is 14.8 Å². The van der Waals surface area contributed by atoms with E-state index in [1.165, 1.54) is 0 Å². The molecule has 0 aliphatic heterocycles. The highest BCUT2D eigenvalue weighted by molar-refractivity contribution is 6.00. The first-order valence-electron chi connectivity index (χ1n) is 8.25. The van der Waals surface area contributed by atoms with Gasteiger partial charge < -0.3 is 4.74 Å². The molecule has 0 fully saturated rings. The molecular formula is C20H21N3O2. The summed E-state index contributed by atoms with van der Waals surface area (Å²) in [5.41, 5.74) is 3.50. The number of hydrogen-bond acceptors (Lipinski definition) is 4. The zero-order valence-electron chi connectivity index (χ0n) is 14.6. The number of ether oxygens (including phenoxy) is 1. The highest BCUT2D eigenvalue weighted by Crippen LogP contribution is 2.29. The van der Waals surface area contributed by atoms with Gasteiger partial charge in [0, 0.05) is 37.6 Å². The van der Waals surface area contributed by atoms with Gasteiger partial charge in [-0.3, -0.25) is 14.5 Å². The average molecular weight is 335 g/mol. The van der Waals surface area contributed by atoms with Gasteiger partial charge in [-0.25, -0.2) is 0 Å². The first-order chi connectivity index (χ1) is 12.0. The number of carbonyl (C=O) groups is 1. The Bertz CT molecular complexity index is 870. The van der Waals surface area contributed by atoms with Crippen LogP contribution in [0, 0.1) is 0 Å². The fourth-order valence-electron chi connectivity index (χ4n) is 2.64. The predicted molar refractivity (Wildman–Crippen MR) is 96.7 cm³/mol. The molecule has 0 atom stereocenters. The molecule has 128 valence electrons. The summed E-state index contributed by atoms with van der Waals surface area (Å²) < 4.78 is 7.66. The van der Waals surface area contributed by atoms with Gasteiger partial charge in [-0.05, 0) is 49.2 Å². The van der Waals surface area contributed by atoms with E-state index in [4.69, 9.17) is 4.74 Å². The van der Waals surface area contributed by atoms with E-state index < -0.39 is 0 Å². The Morgan fingerprint density at radius 1 is 1.16 bits per heavy atom. The maximum atomic E-state index is 12.8. The average Bonchev–Trinajstić information content (AvgIpc) is 3.01. The number of nitrogens with zero attached hydrogens (tertiary/aromatic N) is 3. The molecule has 2 heterocycles. The number of ketones is 1. The number of aromatic nitrogens is 3. The molecule has 0 radical (unpaired) electrons. The Labute approximate surface area is 147 Å². The van der Waals surface area contributed by atoms with Gasteiger partial charge >= 0.3 is 0 Å². The molecule has 0 unspecified atom stereocenters. The van der Waals surface area contributed by atoms with Crippen LogP contribution >= 0.6 is 0 Å². The summed E-state index contributed by atoms with van der Waals surface area (Å²) in [6.45, 7) is 3.90. The van der Waals surface area contributed by atoms with E-state index in [-0.39, 0.29) is 11.9 Å². The van der Waals surface area contributed by atoms with E-state index in [1.54, 1.807) is 23.3 Å². The minimum Gasteiger partial charge on any atom is -0.490 e. The number of Topliss-reactive ketones (excluding diaryl/α,β-unsaturated/α-hetero) is 1. The molecule has 3 rings (SSSR count). The van der Waals surface area contributed by atoms with Crippen molar-refractivity contribution in [1.29, 1.82) is 0 Å². The number of hydrogen-bond donors (Lipinski definition) is 0. The Kier molecular flexibility index (Phi) is 4.93. The topological polar surface area (TPSA) is 57.0 Å². The van der Waals surface area contributed by atoms with Crippen LogP contribution in [0.25, 0.3) is 11.1 Å². The van der Waals surface area contributed by atoms with Gasteiger partial charge in [0.15, 0.2) is 5.78 Å². The van der Waals surface area contributed by atoms with E-state index in [2.05, 4.69) is 10.1 Å². The van der Waals surface area contributed by atoms with Crippen LogP contribution in [0.5, 0.6) is 5.75 Å². The van der Waals surface area contributed by atoms with Gasteiger partial charge in [0.2, 0.25) is 0 Å². The number of pyridine rings is 1. The predicted octanol–water partition coefficient (Wildman–Crippen LogP) is 3.69. The van der Waals surface area contributed by atoms with Gasteiger partial charge in [-0.2, -0.15) is 5.10 Å². The molecule has 1 aromatic carbocycles. The van der Waals surface area contributed by atoms with Crippen LogP contribution in [0.2, 0.25) is 0 Å². The summed E-state index contributed by atoms with van der Waals surface area (Å²) in [4.78, 5) is 16.7. The lowest BCUT2D eigenvalue weighted by atomic mass is 9.99. The summed E-state index contributed by atoms with van der Waals surface area (Å²) in [6.07, 6.45) is 7.43. The fourth-order valence-corrected chi connectivity index (χ4v) is 2.64. The number of rotatable bonds is 6. The van der Waals surface area contributed by atoms with Crippen LogP contribution in [-0.4, -0.2) is 26.7 Å². The maximum Gasteiger partial charge on any atom is 0.170 e. The van der Waals surface area contributed by atoms with Crippen LogP contribution in [0.1, 0.15) is 29.8 Å². The number of aryl methyl sites for hydroxylation is 1. The molecule has 0 saturated heterocycles. The van der Waals surface area contributed by atoms with Crippen molar-refractivity contribution in [3.63, 3.8) is 0 Å². The summed E-state index contributed by atoms with van der Waals surface area (Å²) in [5, 5.41) is 4.20. The summed E-state index contributed by atoms with van der Waals surface area (Å²) in [5.74, 6) is 0.634. The first kappa shape index (κ1) is 16.9. The minimum absolute atomic E-state index is 0.0170. The third-order valence-electron chi connectivity index (χ3n) is 3.80. The van der Waals surface area contributed by atoms with Gasteiger partial charge in [0.1, 0.15) is 5.75 Å². The largest absolute Gasteiger partial charge is 0.490 e. The van der Waals surface area contributed by atoms with Crippen LogP contribution in [-0.2, 0) is 13.5 Å². The summed E-state index contributed by atoms with van der Waals surface area (Å²) >= 11 is 0. The van der Waals surface area contributed by atoms with Crippen molar-refractivity contribution in [3.05, 3.63) is 66.2 Å². The normalized spacial score (nSPS) is 10.9. The highest BCUT2D eigenvalue weighted by Gasteiger charge is 2.16. The third-order valence-corrected chi connectivity index (χ3v) is 3.80. The van der Waals surface area contributed by atoms with Crippen LogP contribution in [0.15, 0.2) is 55.1 Å². The maximum absolute atomic E-state index is 12.8. The second-order valence-electron chi connectivity index (χ2n) is 6.24. The van der Waals surface area contributed by atoms with Crippen LogP contribution < -0.4 is 4.74 Å². The lowest BCUT2D eigenvalue weighted by molar-refractivity contribution is 0.0987. The molecule has 0 N–H and O–H groups in total. The second kappa shape index (κ2) is 7.30. The molecule has 0 aliphatic rings. The van der Waals surface area contributed by atoms with E-state index >= 15 is 0 Å². The molecule has 2 aromatic heterocycles. The minimum atomic E-state index is -0.0170. The van der Waals surface area contributed by atoms with Crippen LogP contribution in [0.3, 0.4) is 0 Å². The van der Waals surface area contributed by atoms with Gasteiger partial charge in [-0.15, -0.1) is 0 Å². The van der Waals surface area contributed by atoms with E-state index in [0.29, 0.717) is 17.7 Å². The molecule has 0 amide bonds. The number of carbonyl (C=O) groups excluding carboxylic acids is 1. The fraction of sp³-hybridized carbons (Fsp3) is 0.250. The molecule has 0 spiro atoms. The smallest absolute Gasteiger partial charge is 0.170 e. The van der Waals surface area contributed by atoms with Crippen molar-refractivity contribution < 1.29 is 9.53 Å². The third kappa shape index (κ3) is 4.12. The highest BCUT2D eigenvalue weighted by atomic mass is 16.5. The Balaban J connectivity index is 1.93. The zero-order chi connectivity index (χ0) is 17.8. The SMILES string of the molecule is CC(C)Oc1cc(-c2cnn(C)c2)ccc1C(=O)Cc1ccncc1. The molecule has 5 heteroatoms. The zero-order valence-corrected chi connectivity index (χ0v) is 14.6. The van der Waals surface area contributed by atoms with E-state index in [0.717, 1.165) is 16.7 Å². The molecule has 3 aromatic rings. The Morgan fingerprint density at radius 3 is 2.56 bits per heavy atom. The molecule has 0 aliphatic carbocycles. The molecule has 0 saturated carbocycles. The Hall–Kier alpha value is -2.95. The molecule has 5 nitrogen and oxygen atoms in total. The second-order valence-corrected chi connectivity index (χ2v) is 6.24. The van der Waals surface area contributed by atoms with E-state index in [9.17, 15) is 4.79 Å². The van der Waals surface area contributed by atoms with Crippen molar-refractivity contribution in [2.75, 3.05) is 0 Å². The summed E-state index contributed by atoms with van der Waals surface area (Å²) in [6, 6.07) is 9.39. The lowest BCUT2D eigenvalue weighted by Gasteiger charge is -2.15. The van der Waals surface area contributed by atoms with E-state index in [1.807, 2.05) is 57.4 Å².